The van der Waals surface area contributed by atoms with Crippen LogP contribution in [0.3, 0.4) is 0 Å². The number of nitrogens with one attached hydrogen (secondary N) is 1. The van der Waals surface area contributed by atoms with Crippen molar-refractivity contribution in [1.82, 2.24) is 19.7 Å². The molecule has 0 spiro atoms. The number of hydrogen-bond acceptors (Lipinski definition) is 5. The minimum Gasteiger partial charge on any atom is -0.494 e. The van der Waals surface area contributed by atoms with Crippen LogP contribution >= 0.6 is 0 Å². The number of benzene rings is 3. The minimum absolute atomic E-state index is 0.0285. The Morgan fingerprint density at radius 3 is 2.71 bits per heavy atom. The summed E-state index contributed by atoms with van der Waals surface area (Å²) in [7, 11) is 0. The van der Waals surface area contributed by atoms with E-state index in [1.165, 1.54) is 17.3 Å². The number of anilines is 1. The van der Waals surface area contributed by atoms with Crippen LogP contribution in [-0.2, 0) is 17.8 Å². The van der Waals surface area contributed by atoms with E-state index in [4.69, 9.17) is 4.99 Å². The number of carbonyl (C=O) groups is 1. The van der Waals surface area contributed by atoms with Crippen LogP contribution in [0.25, 0.3) is 10.9 Å². The van der Waals surface area contributed by atoms with E-state index in [0.29, 0.717) is 17.8 Å². The molecule has 6 rings (SSSR count). The number of H-pyrrole nitrogens is 1. The van der Waals surface area contributed by atoms with Gasteiger partial charge in [0.25, 0.3) is 0 Å². The normalized spacial score (nSPS) is 13.4. The van der Waals surface area contributed by atoms with Crippen molar-refractivity contribution in [3.8, 4) is 5.88 Å². The van der Waals surface area contributed by atoms with Gasteiger partial charge in [-0.2, -0.15) is 5.10 Å². The van der Waals surface area contributed by atoms with Gasteiger partial charge in [-0.3, -0.25) is 4.79 Å². The quantitative estimate of drug-likeness (QED) is 0.382. The first kappa shape index (κ1) is 20.9. The molecule has 3 heterocycles. The van der Waals surface area contributed by atoms with Gasteiger partial charge in [0.2, 0.25) is 5.91 Å². The Balaban J connectivity index is 1.39. The Labute approximate surface area is 201 Å². The Morgan fingerprint density at radius 2 is 1.89 bits per heavy atom. The number of nitrogens with zero attached hydrogens (tertiary/aromatic N) is 5. The van der Waals surface area contributed by atoms with Gasteiger partial charge in [-0.15, -0.1) is 0 Å². The molecule has 172 valence electrons. The molecule has 1 amide bonds. The van der Waals surface area contributed by atoms with Crippen LogP contribution in [0.2, 0.25) is 0 Å². The molecule has 2 aromatic heterocycles. The molecule has 0 saturated carbocycles. The third kappa shape index (κ3) is 3.85. The largest absolute Gasteiger partial charge is 0.494 e. The monoisotopic (exact) mass is 462 g/mol. The maximum atomic E-state index is 12.8. The number of hydrogen-bond donors (Lipinski definition) is 2. The second-order valence-corrected chi connectivity index (χ2v) is 8.42. The Kier molecular flexibility index (Phi) is 5.11. The van der Waals surface area contributed by atoms with Gasteiger partial charge in [-0.25, -0.2) is 14.7 Å². The third-order valence-electron chi connectivity index (χ3n) is 6.23. The molecule has 8 heteroatoms. The standard InChI is InChI=1S/C27H22N6O2/c34-24(15-32-17-28-16-29-32)33-13-12-19-14-20(10-11-23(19)33)30-26(18-6-2-1-3-7-18)25-21-8-4-5-9-22(21)31-27(25)35/h1-11,14,16-17,31,35H,12-13,15H2. The lowest BCUT2D eigenvalue weighted by Gasteiger charge is -2.17. The number of para-hydroxylation sites is 1. The van der Waals surface area contributed by atoms with E-state index in [-0.39, 0.29) is 18.3 Å². The highest BCUT2D eigenvalue weighted by Gasteiger charge is 2.25. The maximum Gasteiger partial charge on any atom is 0.248 e. The van der Waals surface area contributed by atoms with Crippen LogP contribution in [0.1, 0.15) is 16.7 Å². The fourth-order valence-corrected chi connectivity index (χ4v) is 4.61. The molecule has 1 aliphatic rings. The first-order valence-corrected chi connectivity index (χ1v) is 11.4. The van der Waals surface area contributed by atoms with Crippen molar-refractivity contribution >= 4 is 33.9 Å². The van der Waals surface area contributed by atoms with Crippen molar-refractivity contribution in [2.75, 3.05) is 11.4 Å². The van der Waals surface area contributed by atoms with E-state index in [1.807, 2.05) is 72.8 Å². The maximum absolute atomic E-state index is 12.8. The number of amides is 1. The summed E-state index contributed by atoms with van der Waals surface area (Å²) in [5.74, 6) is 0.0547. The number of aliphatic imine (C=N–C) groups is 1. The summed E-state index contributed by atoms with van der Waals surface area (Å²) in [6.45, 7) is 0.766. The van der Waals surface area contributed by atoms with Gasteiger partial charge in [-0.1, -0.05) is 48.5 Å². The van der Waals surface area contributed by atoms with Crippen LogP contribution in [0.4, 0.5) is 11.4 Å². The first-order chi connectivity index (χ1) is 17.2. The van der Waals surface area contributed by atoms with Gasteiger partial charge in [0.15, 0.2) is 5.88 Å². The molecule has 0 atom stereocenters. The Bertz CT molecular complexity index is 1550. The predicted molar refractivity (Wildman–Crippen MR) is 134 cm³/mol. The SMILES string of the molecule is O=C(Cn1cncn1)N1CCc2cc(N=C(c3ccccc3)c3c(O)[nH]c4ccccc34)ccc21. The molecule has 0 aliphatic carbocycles. The Morgan fingerprint density at radius 1 is 1.06 bits per heavy atom. The number of aromatic hydroxyl groups is 1. The summed E-state index contributed by atoms with van der Waals surface area (Å²) >= 11 is 0. The summed E-state index contributed by atoms with van der Waals surface area (Å²) in [6.07, 6.45) is 3.71. The summed E-state index contributed by atoms with van der Waals surface area (Å²) in [6, 6.07) is 23.5. The fourth-order valence-electron chi connectivity index (χ4n) is 4.61. The van der Waals surface area contributed by atoms with Gasteiger partial charge in [0.1, 0.15) is 19.2 Å². The summed E-state index contributed by atoms with van der Waals surface area (Å²) in [5, 5.41) is 15.7. The van der Waals surface area contributed by atoms with E-state index in [0.717, 1.165) is 39.8 Å². The smallest absolute Gasteiger partial charge is 0.248 e. The first-order valence-electron chi connectivity index (χ1n) is 11.4. The van der Waals surface area contributed by atoms with Crippen molar-refractivity contribution in [1.29, 1.82) is 0 Å². The van der Waals surface area contributed by atoms with Gasteiger partial charge in [0, 0.05) is 28.7 Å². The highest BCUT2D eigenvalue weighted by molar-refractivity contribution is 6.21. The second kappa shape index (κ2) is 8.57. The lowest BCUT2D eigenvalue weighted by atomic mass is 10.0. The topological polar surface area (TPSA) is 99.4 Å². The van der Waals surface area contributed by atoms with Crippen molar-refractivity contribution in [3.63, 3.8) is 0 Å². The van der Waals surface area contributed by atoms with Crippen LogP contribution in [0.15, 0.2) is 90.4 Å². The molecule has 8 nitrogen and oxygen atoms in total. The number of fused-ring (bicyclic) bond motifs is 2. The minimum atomic E-state index is -0.0285. The summed E-state index contributed by atoms with van der Waals surface area (Å²) < 4.78 is 1.53. The van der Waals surface area contributed by atoms with E-state index < -0.39 is 0 Å². The lowest BCUT2D eigenvalue weighted by molar-refractivity contribution is -0.119. The molecule has 0 radical (unpaired) electrons. The summed E-state index contributed by atoms with van der Waals surface area (Å²) in [5.41, 5.74) is 5.81. The van der Waals surface area contributed by atoms with Crippen LogP contribution in [0, 0.1) is 0 Å². The van der Waals surface area contributed by atoms with Crippen molar-refractivity contribution in [2.24, 2.45) is 4.99 Å². The fraction of sp³-hybridized carbons (Fsp3) is 0.111. The average Bonchev–Trinajstić information content (AvgIpc) is 3.61. The number of rotatable bonds is 5. The van der Waals surface area contributed by atoms with E-state index in [1.54, 1.807) is 4.90 Å². The zero-order chi connectivity index (χ0) is 23.8. The van der Waals surface area contributed by atoms with E-state index >= 15 is 0 Å². The summed E-state index contributed by atoms with van der Waals surface area (Å²) in [4.78, 5) is 26.6. The number of carbonyl (C=O) groups excluding carboxylic acids is 1. The molecule has 3 aromatic carbocycles. The molecule has 0 fully saturated rings. The molecule has 35 heavy (non-hydrogen) atoms. The zero-order valence-electron chi connectivity index (χ0n) is 18.8. The molecular weight excluding hydrogens is 440 g/mol. The van der Waals surface area contributed by atoms with E-state index in [2.05, 4.69) is 15.1 Å². The average molecular weight is 463 g/mol. The van der Waals surface area contributed by atoms with Crippen molar-refractivity contribution < 1.29 is 9.90 Å². The molecule has 0 unspecified atom stereocenters. The van der Waals surface area contributed by atoms with Crippen LogP contribution < -0.4 is 4.90 Å². The third-order valence-corrected chi connectivity index (χ3v) is 6.23. The van der Waals surface area contributed by atoms with Gasteiger partial charge < -0.3 is 15.0 Å². The molecule has 2 N–H and O–H groups in total. The second-order valence-electron chi connectivity index (χ2n) is 8.42. The molecule has 0 saturated heterocycles. The van der Waals surface area contributed by atoms with Crippen LogP contribution in [0.5, 0.6) is 5.88 Å². The van der Waals surface area contributed by atoms with Crippen LogP contribution in [-0.4, -0.2) is 43.0 Å². The predicted octanol–water partition coefficient (Wildman–Crippen LogP) is 4.22. The molecule has 0 bridgehead atoms. The van der Waals surface area contributed by atoms with Gasteiger partial charge in [-0.05, 0) is 36.2 Å². The molecular formula is C27H22N6O2. The molecule has 1 aliphatic heterocycles. The highest BCUT2D eigenvalue weighted by Crippen LogP contribution is 2.34. The van der Waals surface area contributed by atoms with Crippen molar-refractivity contribution in [2.45, 2.75) is 13.0 Å². The number of aromatic nitrogens is 4. The highest BCUT2D eigenvalue weighted by atomic mass is 16.3. The van der Waals surface area contributed by atoms with Crippen molar-refractivity contribution in [3.05, 3.63) is 102 Å². The zero-order valence-corrected chi connectivity index (χ0v) is 18.8. The van der Waals surface area contributed by atoms with Gasteiger partial charge in [0.05, 0.1) is 17.0 Å². The Hall–Kier alpha value is -4.72. The lowest BCUT2D eigenvalue weighted by Crippen LogP contribution is -2.32. The molecule has 5 aromatic rings. The number of aromatic amines is 1. The van der Waals surface area contributed by atoms with E-state index in [9.17, 15) is 9.90 Å². The van der Waals surface area contributed by atoms with Gasteiger partial charge >= 0.3 is 0 Å².